The number of nitrogens with zero attached hydrogens (tertiary/aromatic N) is 2. The third kappa shape index (κ3) is 4.38. The van der Waals surface area contributed by atoms with Crippen LogP contribution in [0.1, 0.15) is 29.9 Å². The van der Waals surface area contributed by atoms with Crippen LogP contribution in [0.3, 0.4) is 0 Å². The fourth-order valence-electron chi connectivity index (χ4n) is 8.16. The van der Waals surface area contributed by atoms with Gasteiger partial charge in [-0.3, -0.25) is 29.5 Å². The van der Waals surface area contributed by atoms with E-state index in [1.54, 1.807) is 36.4 Å². The van der Waals surface area contributed by atoms with Gasteiger partial charge in [-0.1, -0.05) is 53.6 Å². The number of fused-ring (bicyclic) bond motifs is 4. The highest BCUT2D eigenvalue weighted by molar-refractivity contribution is 6.30. The summed E-state index contributed by atoms with van der Waals surface area (Å²) in [5, 5.41) is 11.1. The van der Waals surface area contributed by atoms with E-state index in [1.165, 1.54) is 36.2 Å². The number of benzene rings is 3. The molecule has 11 heteroatoms. The lowest BCUT2D eigenvalue weighted by Gasteiger charge is -2.50. The summed E-state index contributed by atoms with van der Waals surface area (Å²) < 4.78 is 19.8. The molecule has 3 aromatic rings. The van der Waals surface area contributed by atoms with E-state index in [9.17, 15) is 23.9 Å². The Hall–Kier alpha value is -4.54. The van der Waals surface area contributed by atoms with E-state index >= 15 is 4.79 Å². The Kier molecular flexibility index (Phi) is 7.44. The van der Waals surface area contributed by atoms with Crippen molar-refractivity contribution in [2.75, 3.05) is 25.7 Å². The molecule has 0 aromatic heterocycles. The zero-order valence-electron chi connectivity index (χ0n) is 24.9. The van der Waals surface area contributed by atoms with Gasteiger partial charge in [-0.15, -0.1) is 0 Å². The topological polar surface area (TPSA) is 116 Å². The van der Waals surface area contributed by atoms with Crippen LogP contribution in [-0.2, 0) is 24.6 Å². The molecule has 4 amide bonds. The third-order valence-electron chi connectivity index (χ3n) is 10.1. The number of likely N-dealkylation sites (tertiary alicyclic amines) is 1. The predicted molar refractivity (Wildman–Crippen MR) is 166 cm³/mol. The number of carbonyl (C=O) groups excluding carboxylic acids is 4. The summed E-state index contributed by atoms with van der Waals surface area (Å²) in [6, 6.07) is 19.4. The molecule has 3 aromatic carbocycles. The number of imide groups is 2. The first-order valence-electron chi connectivity index (χ1n) is 15.2. The summed E-state index contributed by atoms with van der Waals surface area (Å²) >= 11 is 6.32. The van der Waals surface area contributed by atoms with Gasteiger partial charge in [0.1, 0.15) is 18.2 Å². The second kappa shape index (κ2) is 11.4. The average Bonchev–Trinajstić information content (AvgIpc) is 3.41. The molecule has 2 aliphatic carbocycles. The minimum Gasteiger partial charge on any atom is -0.491 e. The number of rotatable bonds is 7. The SMILES string of the molecule is CN1C(=O)C2CC=C3C(CC4C(=O)N(Nc5ccc(F)cc5)C(=O)C4(c4ccc(Cl)cc4)C3c3ccccc3OCCO)C2C1=O. The molecule has 0 spiro atoms. The maximum absolute atomic E-state index is 15.1. The number of aliphatic hydroxyl groups is 1. The normalized spacial score (nSPS) is 28.5. The summed E-state index contributed by atoms with van der Waals surface area (Å²) in [4.78, 5) is 57.6. The van der Waals surface area contributed by atoms with E-state index < -0.39 is 52.6 Å². The lowest BCUT2D eigenvalue weighted by molar-refractivity contribution is -0.140. The molecule has 0 radical (unpaired) electrons. The summed E-state index contributed by atoms with van der Waals surface area (Å²) in [6.07, 6.45) is 2.42. The molecule has 2 heterocycles. The molecule has 1 saturated carbocycles. The number of carbonyl (C=O) groups is 4. The van der Waals surface area contributed by atoms with E-state index in [0.29, 0.717) is 34.0 Å². The molecule has 3 fully saturated rings. The van der Waals surface area contributed by atoms with Crippen molar-refractivity contribution in [3.8, 4) is 5.75 Å². The lowest BCUT2D eigenvalue weighted by atomic mass is 9.49. The third-order valence-corrected chi connectivity index (χ3v) is 10.3. The largest absolute Gasteiger partial charge is 0.491 e. The number of ether oxygens (including phenoxy) is 1. The van der Waals surface area contributed by atoms with E-state index in [4.69, 9.17) is 16.3 Å². The van der Waals surface area contributed by atoms with E-state index in [1.807, 2.05) is 18.2 Å². The second-order valence-electron chi connectivity index (χ2n) is 12.2. The first kappa shape index (κ1) is 30.1. The zero-order valence-corrected chi connectivity index (χ0v) is 25.6. The lowest BCUT2D eigenvalue weighted by Crippen LogP contribution is -2.53. The molecule has 6 atom stereocenters. The molecule has 2 saturated heterocycles. The van der Waals surface area contributed by atoms with E-state index in [2.05, 4.69) is 5.43 Å². The number of anilines is 1. The van der Waals surface area contributed by atoms with Crippen LogP contribution >= 0.6 is 11.6 Å². The summed E-state index contributed by atoms with van der Waals surface area (Å²) in [7, 11) is 1.48. The average molecular weight is 644 g/mol. The van der Waals surface area contributed by atoms with Crippen LogP contribution in [0, 0.1) is 29.5 Å². The van der Waals surface area contributed by atoms with Crippen LogP contribution in [-0.4, -0.2) is 58.9 Å². The van der Waals surface area contributed by atoms with Gasteiger partial charge in [-0.2, -0.15) is 5.01 Å². The van der Waals surface area contributed by atoms with Crippen LogP contribution < -0.4 is 10.2 Å². The first-order chi connectivity index (χ1) is 22.2. The minimum atomic E-state index is -1.51. The Morgan fingerprint density at radius 2 is 1.67 bits per heavy atom. The molecular formula is C35H31ClFN3O6. The Morgan fingerprint density at radius 3 is 2.39 bits per heavy atom. The quantitative estimate of drug-likeness (QED) is 0.288. The molecule has 46 heavy (non-hydrogen) atoms. The van der Waals surface area contributed by atoms with Crippen molar-refractivity contribution in [2.24, 2.45) is 23.7 Å². The Morgan fingerprint density at radius 1 is 0.957 bits per heavy atom. The predicted octanol–water partition coefficient (Wildman–Crippen LogP) is 4.46. The molecule has 9 nitrogen and oxygen atoms in total. The van der Waals surface area contributed by atoms with Crippen LogP contribution in [0.5, 0.6) is 5.75 Å². The Bertz CT molecular complexity index is 1780. The maximum Gasteiger partial charge on any atom is 0.260 e. The number of aliphatic hydroxyl groups excluding tert-OH is 1. The molecule has 6 unspecified atom stereocenters. The van der Waals surface area contributed by atoms with Gasteiger partial charge in [0.25, 0.3) is 11.8 Å². The summed E-state index contributed by atoms with van der Waals surface area (Å²) in [5.41, 5.74) is 3.71. The molecule has 4 aliphatic rings. The number of hydrazine groups is 1. The molecule has 7 rings (SSSR count). The van der Waals surface area contributed by atoms with Gasteiger partial charge >= 0.3 is 0 Å². The number of amides is 4. The van der Waals surface area contributed by atoms with Gasteiger partial charge in [-0.25, -0.2) is 4.39 Å². The van der Waals surface area contributed by atoms with Crippen molar-refractivity contribution in [3.63, 3.8) is 0 Å². The van der Waals surface area contributed by atoms with Gasteiger partial charge in [0.05, 0.1) is 35.5 Å². The number of nitrogens with one attached hydrogen (secondary N) is 1. The minimum absolute atomic E-state index is 0.00279. The Labute approximate surface area is 269 Å². The van der Waals surface area contributed by atoms with Crippen LogP contribution in [0.4, 0.5) is 10.1 Å². The zero-order chi connectivity index (χ0) is 32.3. The van der Waals surface area contributed by atoms with Crippen molar-refractivity contribution in [3.05, 3.63) is 106 Å². The smallest absolute Gasteiger partial charge is 0.260 e. The highest BCUT2D eigenvalue weighted by atomic mass is 35.5. The number of allylic oxidation sites excluding steroid dienone is 2. The van der Waals surface area contributed by atoms with Crippen LogP contribution in [0.15, 0.2) is 84.4 Å². The van der Waals surface area contributed by atoms with Crippen molar-refractivity contribution in [1.82, 2.24) is 9.91 Å². The molecular weight excluding hydrogens is 613 g/mol. The summed E-state index contributed by atoms with van der Waals surface area (Å²) in [5.74, 6) is -5.13. The maximum atomic E-state index is 15.1. The van der Waals surface area contributed by atoms with Crippen molar-refractivity contribution in [1.29, 1.82) is 0 Å². The van der Waals surface area contributed by atoms with Crippen molar-refractivity contribution >= 4 is 40.9 Å². The van der Waals surface area contributed by atoms with Crippen LogP contribution in [0.2, 0.25) is 5.02 Å². The molecule has 236 valence electrons. The summed E-state index contributed by atoms with van der Waals surface area (Å²) in [6.45, 7) is -0.244. The van der Waals surface area contributed by atoms with Crippen LogP contribution in [0.25, 0.3) is 0 Å². The highest BCUT2D eigenvalue weighted by Crippen LogP contribution is 2.64. The van der Waals surface area contributed by atoms with Crippen molar-refractivity contribution in [2.45, 2.75) is 24.2 Å². The molecule has 2 N–H and O–H groups in total. The van der Waals surface area contributed by atoms with Gasteiger partial charge in [-0.05, 0) is 66.8 Å². The standard InChI is InChI=1S/C35H31ClFN3O6/c1-39-31(42)25-15-14-23-26(29(25)33(39)44)18-27-32(43)40(38-22-12-10-21(37)11-13-22)34(45)35(27,19-6-8-20(36)9-7-19)30(23)24-4-2-3-5-28(24)46-17-16-41/h2-14,25-27,29-30,38,41H,15-18H2,1H3. The van der Waals surface area contributed by atoms with Gasteiger partial charge < -0.3 is 9.84 Å². The fraction of sp³-hybridized carbons (Fsp3) is 0.314. The number of para-hydroxylation sites is 1. The number of hydrogen-bond donors (Lipinski definition) is 2. The second-order valence-corrected chi connectivity index (χ2v) is 12.7. The Balaban J connectivity index is 1.48. The van der Waals surface area contributed by atoms with Gasteiger partial charge in [0.2, 0.25) is 11.8 Å². The van der Waals surface area contributed by atoms with Crippen molar-refractivity contribution < 1.29 is 33.4 Å². The monoisotopic (exact) mass is 643 g/mol. The van der Waals surface area contributed by atoms with E-state index in [0.717, 1.165) is 10.6 Å². The first-order valence-corrected chi connectivity index (χ1v) is 15.6. The van der Waals surface area contributed by atoms with Gasteiger partial charge in [0.15, 0.2) is 0 Å². The number of halogens is 2. The highest BCUT2D eigenvalue weighted by Gasteiger charge is 2.70. The molecule has 0 bridgehead atoms. The molecule has 2 aliphatic heterocycles. The van der Waals surface area contributed by atoms with Gasteiger partial charge in [0, 0.05) is 23.6 Å². The van der Waals surface area contributed by atoms with E-state index in [-0.39, 0.29) is 31.4 Å². The number of hydrogen-bond acceptors (Lipinski definition) is 7. The fourth-order valence-corrected chi connectivity index (χ4v) is 8.29.